The van der Waals surface area contributed by atoms with Crippen LogP contribution in [0, 0.1) is 0 Å². The number of amides is 1. The van der Waals surface area contributed by atoms with Crippen LogP contribution in [0.1, 0.15) is 29.4 Å². The van der Waals surface area contributed by atoms with E-state index in [1.54, 1.807) is 0 Å². The van der Waals surface area contributed by atoms with Crippen LogP contribution in [0.5, 0.6) is 0 Å². The Labute approximate surface area is 131 Å². The first kappa shape index (κ1) is 13.5. The Morgan fingerprint density at radius 1 is 1.17 bits per heavy atom. The molecular weight excluding hydrogens is 294 g/mol. The molecule has 0 atom stereocenters. The van der Waals surface area contributed by atoms with Crippen LogP contribution in [-0.2, 0) is 0 Å². The number of nitrogens with zero attached hydrogens (tertiary/aromatic N) is 6. The minimum Gasteiger partial charge on any atom is -0.321 e. The number of tetrazole rings is 1. The summed E-state index contributed by atoms with van der Waals surface area (Å²) >= 11 is 0. The van der Waals surface area contributed by atoms with Gasteiger partial charge in [-0.05, 0) is 47.5 Å². The summed E-state index contributed by atoms with van der Waals surface area (Å²) in [6.07, 6.45) is 6.66. The van der Waals surface area contributed by atoms with Gasteiger partial charge in [0, 0.05) is 23.6 Å². The Kier molecular flexibility index (Phi) is 3.26. The Hall–Kier alpha value is -3.16. The average molecular weight is 307 g/mol. The summed E-state index contributed by atoms with van der Waals surface area (Å²) in [6.45, 7) is 0. The molecule has 1 aliphatic rings. The van der Waals surface area contributed by atoms with Gasteiger partial charge in [0.2, 0.25) is 0 Å². The molecule has 0 radical (unpaired) electrons. The minimum atomic E-state index is -0.298. The van der Waals surface area contributed by atoms with Crippen molar-refractivity contribution in [2.24, 2.45) is 0 Å². The highest BCUT2D eigenvalue weighted by Gasteiger charge is 2.28. The van der Waals surface area contributed by atoms with E-state index >= 15 is 0 Å². The predicted molar refractivity (Wildman–Crippen MR) is 81.5 cm³/mol. The average Bonchev–Trinajstić information content (AvgIpc) is 3.33. The molecule has 23 heavy (non-hydrogen) atoms. The third-order valence-corrected chi connectivity index (χ3v) is 3.58. The van der Waals surface area contributed by atoms with Gasteiger partial charge in [0.15, 0.2) is 5.82 Å². The fourth-order valence-corrected chi connectivity index (χ4v) is 2.26. The topological polar surface area (TPSA) is 98.5 Å². The van der Waals surface area contributed by atoms with Gasteiger partial charge in [-0.15, -0.1) is 5.10 Å². The predicted octanol–water partition coefficient (Wildman–Crippen LogP) is 1.72. The maximum atomic E-state index is 12.0. The van der Waals surface area contributed by atoms with Crippen molar-refractivity contribution in [3.05, 3.63) is 48.5 Å². The van der Waals surface area contributed by atoms with Gasteiger partial charge in [-0.1, -0.05) is 0 Å². The van der Waals surface area contributed by atoms with Crippen LogP contribution in [0.25, 0.3) is 11.4 Å². The molecule has 0 saturated heterocycles. The van der Waals surface area contributed by atoms with Crippen molar-refractivity contribution in [2.45, 2.75) is 18.9 Å². The first-order valence-corrected chi connectivity index (χ1v) is 7.27. The second kappa shape index (κ2) is 5.56. The molecular formula is C15H13N7O. The number of anilines is 1. The smallest absolute Gasteiger partial charge is 0.275 e. The van der Waals surface area contributed by atoms with Crippen molar-refractivity contribution in [3.63, 3.8) is 0 Å². The lowest BCUT2D eigenvalue weighted by atomic mass is 10.2. The van der Waals surface area contributed by atoms with E-state index in [2.05, 4.69) is 30.8 Å². The number of rotatable bonds is 4. The molecule has 1 aliphatic carbocycles. The Balaban J connectivity index is 1.52. The van der Waals surface area contributed by atoms with Crippen LogP contribution in [0.3, 0.4) is 0 Å². The van der Waals surface area contributed by atoms with Gasteiger partial charge in [0.1, 0.15) is 5.69 Å². The zero-order valence-electron chi connectivity index (χ0n) is 12.1. The fourth-order valence-electron chi connectivity index (χ4n) is 2.26. The van der Waals surface area contributed by atoms with E-state index in [9.17, 15) is 4.79 Å². The van der Waals surface area contributed by atoms with Crippen molar-refractivity contribution < 1.29 is 4.79 Å². The molecule has 3 aromatic rings. The molecule has 8 heteroatoms. The van der Waals surface area contributed by atoms with Crippen LogP contribution in [0.15, 0.2) is 42.9 Å². The van der Waals surface area contributed by atoms with Gasteiger partial charge >= 0.3 is 0 Å². The van der Waals surface area contributed by atoms with E-state index in [-0.39, 0.29) is 11.6 Å². The number of aromatic nitrogens is 6. The lowest BCUT2D eigenvalue weighted by Gasteiger charge is -2.06. The van der Waals surface area contributed by atoms with E-state index in [0.29, 0.717) is 11.7 Å². The number of hydrogen-bond donors (Lipinski definition) is 1. The second-order valence-corrected chi connectivity index (χ2v) is 5.30. The zero-order chi connectivity index (χ0) is 15.6. The van der Waals surface area contributed by atoms with Gasteiger partial charge in [0.25, 0.3) is 5.91 Å². The summed E-state index contributed by atoms with van der Waals surface area (Å²) in [5, 5.41) is 14.6. The van der Waals surface area contributed by atoms with Crippen molar-refractivity contribution in [3.8, 4) is 11.4 Å². The fraction of sp³-hybridized carbons (Fsp3) is 0.200. The first-order valence-electron chi connectivity index (χ1n) is 7.27. The summed E-state index contributed by atoms with van der Waals surface area (Å²) in [5.41, 5.74) is 1.86. The summed E-state index contributed by atoms with van der Waals surface area (Å²) in [4.78, 5) is 19.9. The monoisotopic (exact) mass is 307 g/mol. The maximum Gasteiger partial charge on any atom is 0.275 e. The molecule has 1 amide bonds. The lowest BCUT2D eigenvalue weighted by molar-refractivity contribution is 0.102. The van der Waals surface area contributed by atoms with Crippen molar-refractivity contribution in [1.82, 2.24) is 30.2 Å². The number of nitrogens with one attached hydrogen (secondary N) is 1. The molecule has 0 unspecified atom stereocenters. The lowest BCUT2D eigenvalue weighted by Crippen LogP contribution is -2.13. The summed E-state index contributed by atoms with van der Waals surface area (Å²) < 4.78 is 1.85. The second-order valence-electron chi connectivity index (χ2n) is 5.30. The number of carbonyl (C=O) groups excluding carboxylic acids is 1. The van der Waals surface area contributed by atoms with Gasteiger partial charge in [0.05, 0.1) is 12.2 Å². The van der Waals surface area contributed by atoms with E-state index in [0.717, 1.165) is 24.2 Å². The quantitative estimate of drug-likeness (QED) is 0.788. The van der Waals surface area contributed by atoms with Gasteiger partial charge in [-0.2, -0.15) is 0 Å². The zero-order valence-corrected chi connectivity index (χ0v) is 12.1. The molecule has 0 aliphatic heterocycles. The highest BCUT2D eigenvalue weighted by molar-refractivity contribution is 6.02. The Bertz CT molecular complexity index is 825. The molecule has 4 rings (SSSR count). The molecule has 1 saturated carbocycles. The number of carbonyl (C=O) groups is 1. The largest absolute Gasteiger partial charge is 0.321 e. The van der Waals surface area contributed by atoms with E-state index in [4.69, 9.17) is 0 Å². The Morgan fingerprint density at radius 2 is 2.00 bits per heavy atom. The Morgan fingerprint density at radius 3 is 2.70 bits per heavy atom. The van der Waals surface area contributed by atoms with Gasteiger partial charge < -0.3 is 5.32 Å². The summed E-state index contributed by atoms with van der Waals surface area (Å²) in [6, 6.07) is 7.81. The molecule has 1 aromatic carbocycles. The molecule has 1 fully saturated rings. The van der Waals surface area contributed by atoms with Crippen LogP contribution in [-0.4, -0.2) is 36.1 Å². The maximum absolute atomic E-state index is 12.0. The number of hydrogen-bond acceptors (Lipinski definition) is 6. The number of benzene rings is 1. The SMILES string of the molecule is O=C(Nc1ccc(-c2nnnn2C2CC2)cc1)c1cnccn1. The van der Waals surface area contributed by atoms with Crippen molar-refractivity contribution in [1.29, 1.82) is 0 Å². The van der Waals surface area contributed by atoms with Gasteiger partial charge in [-0.3, -0.25) is 9.78 Å². The van der Waals surface area contributed by atoms with Crippen molar-refractivity contribution in [2.75, 3.05) is 5.32 Å². The van der Waals surface area contributed by atoms with Crippen LogP contribution < -0.4 is 5.32 Å². The van der Waals surface area contributed by atoms with E-state index in [1.165, 1.54) is 18.6 Å². The van der Waals surface area contributed by atoms with E-state index in [1.807, 2.05) is 28.9 Å². The third-order valence-electron chi connectivity index (χ3n) is 3.58. The standard InChI is InChI=1S/C15H13N7O/c23-15(13-9-16-7-8-17-13)18-11-3-1-10(2-4-11)14-19-20-21-22(14)12-5-6-12/h1-4,7-9,12H,5-6H2,(H,18,23). The summed E-state index contributed by atoms with van der Waals surface area (Å²) in [5.74, 6) is 0.452. The molecule has 2 aromatic heterocycles. The van der Waals surface area contributed by atoms with Crippen molar-refractivity contribution >= 4 is 11.6 Å². The molecule has 8 nitrogen and oxygen atoms in total. The molecule has 0 spiro atoms. The van der Waals surface area contributed by atoms with Gasteiger partial charge in [-0.25, -0.2) is 9.67 Å². The van der Waals surface area contributed by atoms with Crippen LogP contribution in [0.4, 0.5) is 5.69 Å². The molecule has 114 valence electrons. The third kappa shape index (κ3) is 2.78. The first-order chi connectivity index (χ1) is 11.3. The molecule has 0 bridgehead atoms. The van der Waals surface area contributed by atoms with E-state index < -0.39 is 0 Å². The molecule has 2 heterocycles. The normalized spacial score (nSPS) is 13.7. The van der Waals surface area contributed by atoms with Crippen LogP contribution >= 0.6 is 0 Å². The van der Waals surface area contributed by atoms with Crippen LogP contribution in [0.2, 0.25) is 0 Å². The highest BCUT2D eigenvalue weighted by atomic mass is 16.1. The molecule has 1 N–H and O–H groups in total. The minimum absolute atomic E-state index is 0.272. The summed E-state index contributed by atoms with van der Waals surface area (Å²) in [7, 11) is 0. The highest BCUT2D eigenvalue weighted by Crippen LogP contribution is 2.36.